The maximum atomic E-state index is 5.42. The summed E-state index contributed by atoms with van der Waals surface area (Å²) in [5, 5.41) is 6.57. The molecule has 0 unspecified atom stereocenters. The van der Waals surface area contributed by atoms with Crippen molar-refractivity contribution in [3.8, 4) is 11.5 Å². The summed E-state index contributed by atoms with van der Waals surface area (Å²) in [6.07, 6.45) is 0. The number of aryl methyl sites for hydroxylation is 3. The van der Waals surface area contributed by atoms with Gasteiger partial charge in [-0.2, -0.15) is 4.98 Å². The fourth-order valence-corrected chi connectivity index (χ4v) is 2.76. The molecule has 132 valence electrons. The summed E-state index contributed by atoms with van der Waals surface area (Å²) < 4.78 is 10.8. The third-order valence-electron chi connectivity index (χ3n) is 4.26. The fourth-order valence-electron chi connectivity index (χ4n) is 2.76. The maximum Gasteiger partial charge on any atom is 0.231 e. The molecule has 2 aromatic carbocycles. The Labute approximate surface area is 152 Å². The van der Waals surface area contributed by atoms with Crippen molar-refractivity contribution in [3.05, 3.63) is 59.3 Å². The number of nitrogens with one attached hydrogen (secondary N) is 2. The molecule has 2 heterocycles. The maximum absolute atomic E-state index is 5.42. The second-order valence-electron chi connectivity index (χ2n) is 6.34. The van der Waals surface area contributed by atoms with Gasteiger partial charge in [-0.05, 0) is 56.2 Å². The zero-order valence-corrected chi connectivity index (χ0v) is 15.0. The van der Waals surface area contributed by atoms with E-state index in [1.165, 1.54) is 11.1 Å². The highest BCUT2D eigenvalue weighted by Gasteiger charge is 2.13. The molecule has 1 aliphatic rings. The van der Waals surface area contributed by atoms with Gasteiger partial charge in [0.15, 0.2) is 11.5 Å². The van der Waals surface area contributed by atoms with Crippen LogP contribution in [0.25, 0.3) is 0 Å². The number of hydrogen-bond donors (Lipinski definition) is 2. The lowest BCUT2D eigenvalue weighted by atomic mass is 10.1. The lowest BCUT2D eigenvalue weighted by Gasteiger charge is -2.11. The molecule has 4 rings (SSSR count). The van der Waals surface area contributed by atoms with Gasteiger partial charge in [0, 0.05) is 29.2 Å². The van der Waals surface area contributed by atoms with E-state index >= 15 is 0 Å². The summed E-state index contributed by atoms with van der Waals surface area (Å²) >= 11 is 0. The summed E-state index contributed by atoms with van der Waals surface area (Å²) in [4.78, 5) is 9.04. The van der Waals surface area contributed by atoms with Crippen molar-refractivity contribution >= 4 is 23.1 Å². The Kier molecular flexibility index (Phi) is 4.08. The summed E-state index contributed by atoms with van der Waals surface area (Å²) in [6.45, 7) is 6.38. The van der Waals surface area contributed by atoms with Crippen LogP contribution in [0.2, 0.25) is 0 Å². The topological polar surface area (TPSA) is 68.3 Å². The lowest BCUT2D eigenvalue weighted by Crippen LogP contribution is -2.02. The largest absolute Gasteiger partial charge is 0.454 e. The quantitative estimate of drug-likeness (QED) is 0.717. The molecule has 0 fully saturated rings. The van der Waals surface area contributed by atoms with Gasteiger partial charge in [0.2, 0.25) is 12.7 Å². The summed E-state index contributed by atoms with van der Waals surface area (Å²) in [5.41, 5.74) is 5.19. The van der Waals surface area contributed by atoms with E-state index in [9.17, 15) is 0 Å². The first-order chi connectivity index (χ1) is 12.6. The molecule has 1 aliphatic heterocycles. The minimum absolute atomic E-state index is 0.259. The number of ether oxygens (including phenoxy) is 2. The standard InChI is InChI=1S/C20H20N4O2/c1-12-4-5-15(8-13(12)2)23-20-21-14(3)9-19(24-20)22-16-6-7-17-18(10-16)26-11-25-17/h4-10H,11H2,1-3H3,(H2,21,22,23,24). The van der Waals surface area contributed by atoms with Crippen molar-refractivity contribution in [2.75, 3.05) is 17.4 Å². The first-order valence-corrected chi connectivity index (χ1v) is 8.43. The Bertz CT molecular complexity index is 972. The minimum Gasteiger partial charge on any atom is -0.454 e. The molecule has 0 amide bonds. The van der Waals surface area contributed by atoms with Gasteiger partial charge in [0.05, 0.1) is 0 Å². The molecular formula is C20H20N4O2. The van der Waals surface area contributed by atoms with Gasteiger partial charge in [-0.15, -0.1) is 0 Å². The van der Waals surface area contributed by atoms with Crippen LogP contribution in [0.3, 0.4) is 0 Å². The smallest absolute Gasteiger partial charge is 0.231 e. The molecule has 0 bridgehead atoms. The molecule has 6 nitrogen and oxygen atoms in total. The van der Waals surface area contributed by atoms with Crippen molar-refractivity contribution in [2.45, 2.75) is 20.8 Å². The normalized spacial score (nSPS) is 12.1. The van der Waals surface area contributed by atoms with Crippen LogP contribution in [0.1, 0.15) is 16.8 Å². The number of benzene rings is 2. The van der Waals surface area contributed by atoms with Crippen LogP contribution in [-0.4, -0.2) is 16.8 Å². The predicted octanol–water partition coefficient (Wildman–Crippen LogP) is 4.62. The molecular weight excluding hydrogens is 328 g/mol. The van der Waals surface area contributed by atoms with Gasteiger partial charge in [0.25, 0.3) is 0 Å². The van der Waals surface area contributed by atoms with Gasteiger partial charge in [-0.25, -0.2) is 4.98 Å². The van der Waals surface area contributed by atoms with E-state index in [2.05, 4.69) is 46.6 Å². The molecule has 26 heavy (non-hydrogen) atoms. The van der Waals surface area contributed by atoms with E-state index in [1.807, 2.05) is 37.3 Å². The van der Waals surface area contributed by atoms with Crippen LogP contribution in [0.15, 0.2) is 42.5 Å². The highest BCUT2D eigenvalue weighted by molar-refractivity contribution is 5.64. The zero-order valence-electron chi connectivity index (χ0n) is 15.0. The SMILES string of the molecule is Cc1cc(Nc2ccc3c(c2)OCO3)nc(Nc2ccc(C)c(C)c2)n1. The molecule has 0 aliphatic carbocycles. The average Bonchev–Trinajstić information content (AvgIpc) is 3.05. The van der Waals surface area contributed by atoms with E-state index in [1.54, 1.807) is 0 Å². The lowest BCUT2D eigenvalue weighted by molar-refractivity contribution is 0.174. The van der Waals surface area contributed by atoms with Gasteiger partial charge >= 0.3 is 0 Å². The second kappa shape index (κ2) is 6.55. The predicted molar refractivity (Wildman–Crippen MR) is 102 cm³/mol. The number of nitrogens with zero attached hydrogens (tertiary/aromatic N) is 2. The zero-order chi connectivity index (χ0) is 18.1. The van der Waals surface area contributed by atoms with Gasteiger partial charge < -0.3 is 20.1 Å². The third-order valence-corrected chi connectivity index (χ3v) is 4.26. The van der Waals surface area contributed by atoms with Crippen LogP contribution < -0.4 is 20.1 Å². The van der Waals surface area contributed by atoms with Crippen molar-refractivity contribution < 1.29 is 9.47 Å². The van der Waals surface area contributed by atoms with Crippen LogP contribution in [0.4, 0.5) is 23.1 Å². The third kappa shape index (κ3) is 3.39. The van der Waals surface area contributed by atoms with E-state index in [0.29, 0.717) is 11.8 Å². The Morgan fingerprint density at radius 1 is 0.769 bits per heavy atom. The van der Waals surface area contributed by atoms with Crippen molar-refractivity contribution in [1.82, 2.24) is 9.97 Å². The number of hydrogen-bond acceptors (Lipinski definition) is 6. The molecule has 0 saturated heterocycles. The van der Waals surface area contributed by atoms with Crippen LogP contribution in [-0.2, 0) is 0 Å². The number of aromatic nitrogens is 2. The molecule has 0 saturated carbocycles. The van der Waals surface area contributed by atoms with E-state index in [-0.39, 0.29) is 6.79 Å². The van der Waals surface area contributed by atoms with Crippen molar-refractivity contribution in [3.63, 3.8) is 0 Å². The van der Waals surface area contributed by atoms with Crippen molar-refractivity contribution in [1.29, 1.82) is 0 Å². The molecule has 6 heteroatoms. The van der Waals surface area contributed by atoms with E-state index in [0.717, 1.165) is 28.6 Å². The molecule has 0 radical (unpaired) electrons. The Morgan fingerprint density at radius 2 is 1.54 bits per heavy atom. The highest BCUT2D eigenvalue weighted by atomic mass is 16.7. The average molecular weight is 348 g/mol. The number of rotatable bonds is 4. The minimum atomic E-state index is 0.259. The Morgan fingerprint density at radius 3 is 2.38 bits per heavy atom. The second-order valence-corrected chi connectivity index (χ2v) is 6.34. The van der Waals surface area contributed by atoms with Crippen LogP contribution in [0.5, 0.6) is 11.5 Å². The first-order valence-electron chi connectivity index (χ1n) is 8.43. The monoisotopic (exact) mass is 348 g/mol. The highest BCUT2D eigenvalue weighted by Crippen LogP contribution is 2.35. The Balaban J connectivity index is 1.56. The molecule has 1 aromatic heterocycles. The number of fused-ring (bicyclic) bond motifs is 1. The van der Waals surface area contributed by atoms with Crippen LogP contribution in [0, 0.1) is 20.8 Å². The van der Waals surface area contributed by atoms with Gasteiger partial charge in [-0.3, -0.25) is 0 Å². The summed E-state index contributed by atoms with van der Waals surface area (Å²) in [7, 11) is 0. The van der Waals surface area contributed by atoms with Gasteiger partial charge in [-0.1, -0.05) is 6.07 Å². The first kappa shape index (κ1) is 16.2. The fraction of sp³-hybridized carbons (Fsp3) is 0.200. The van der Waals surface area contributed by atoms with Crippen LogP contribution >= 0.6 is 0 Å². The molecule has 0 atom stereocenters. The summed E-state index contributed by atoms with van der Waals surface area (Å²) in [6, 6.07) is 13.8. The Hall–Kier alpha value is -3.28. The van der Waals surface area contributed by atoms with Gasteiger partial charge in [0.1, 0.15) is 5.82 Å². The van der Waals surface area contributed by atoms with E-state index < -0.39 is 0 Å². The molecule has 0 spiro atoms. The van der Waals surface area contributed by atoms with E-state index in [4.69, 9.17) is 9.47 Å². The molecule has 3 aromatic rings. The summed E-state index contributed by atoms with van der Waals surface area (Å²) in [5.74, 6) is 2.75. The molecule has 2 N–H and O–H groups in total. The number of anilines is 4. The van der Waals surface area contributed by atoms with Crippen molar-refractivity contribution in [2.24, 2.45) is 0 Å².